The Bertz CT molecular complexity index is 1050. The normalized spacial score (nSPS) is 10.1. The molecule has 0 unspecified atom stereocenters. The number of rotatable bonds is 4. The monoisotopic (exact) mass is 366 g/mol. The SMILES string of the molecule is COc1ccc(-c2cc(C#N)cc(C#Cc3ccccn3)c2CC(C)C)cc1. The van der Waals surface area contributed by atoms with Crippen LogP contribution >= 0.6 is 0 Å². The third-order valence-electron chi connectivity index (χ3n) is 4.38. The highest BCUT2D eigenvalue weighted by Crippen LogP contribution is 2.31. The first-order chi connectivity index (χ1) is 13.6. The number of pyridine rings is 1. The molecule has 3 rings (SSSR count). The van der Waals surface area contributed by atoms with Gasteiger partial charge in [-0.15, -0.1) is 0 Å². The van der Waals surface area contributed by atoms with Gasteiger partial charge in [-0.05, 0) is 71.3 Å². The number of nitriles is 1. The van der Waals surface area contributed by atoms with Gasteiger partial charge in [0.1, 0.15) is 11.4 Å². The minimum Gasteiger partial charge on any atom is -0.497 e. The third-order valence-corrected chi connectivity index (χ3v) is 4.38. The van der Waals surface area contributed by atoms with Crippen molar-refractivity contribution >= 4 is 0 Å². The van der Waals surface area contributed by atoms with Gasteiger partial charge >= 0.3 is 0 Å². The second-order valence-electron chi connectivity index (χ2n) is 6.95. The molecule has 0 amide bonds. The summed E-state index contributed by atoms with van der Waals surface area (Å²) in [6, 6.07) is 19.7. The van der Waals surface area contributed by atoms with E-state index in [1.54, 1.807) is 13.3 Å². The van der Waals surface area contributed by atoms with Gasteiger partial charge in [-0.3, -0.25) is 0 Å². The molecular weight excluding hydrogens is 344 g/mol. The molecule has 0 aliphatic heterocycles. The lowest BCUT2D eigenvalue weighted by atomic mass is 9.88. The second-order valence-corrected chi connectivity index (χ2v) is 6.95. The summed E-state index contributed by atoms with van der Waals surface area (Å²) in [6.45, 7) is 4.37. The molecule has 1 aromatic heterocycles. The molecule has 3 aromatic rings. The maximum atomic E-state index is 9.54. The van der Waals surface area contributed by atoms with Gasteiger partial charge in [0, 0.05) is 11.8 Å². The summed E-state index contributed by atoms with van der Waals surface area (Å²) < 4.78 is 5.27. The maximum Gasteiger partial charge on any atom is 0.118 e. The first-order valence-corrected chi connectivity index (χ1v) is 9.25. The summed E-state index contributed by atoms with van der Waals surface area (Å²) in [7, 11) is 1.65. The topological polar surface area (TPSA) is 45.9 Å². The Labute approximate surface area is 166 Å². The Kier molecular flexibility index (Phi) is 6.10. The van der Waals surface area contributed by atoms with Crippen molar-refractivity contribution in [1.29, 1.82) is 5.26 Å². The van der Waals surface area contributed by atoms with Crippen LogP contribution in [0.15, 0.2) is 60.8 Å². The molecule has 3 nitrogen and oxygen atoms in total. The van der Waals surface area contributed by atoms with Crippen molar-refractivity contribution in [3.63, 3.8) is 0 Å². The van der Waals surface area contributed by atoms with Crippen LogP contribution < -0.4 is 4.74 Å². The van der Waals surface area contributed by atoms with Crippen LogP contribution in [0, 0.1) is 29.1 Å². The van der Waals surface area contributed by atoms with E-state index in [4.69, 9.17) is 4.74 Å². The van der Waals surface area contributed by atoms with Crippen molar-refractivity contribution in [1.82, 2.24) is 4.98 Å². The molecule has 0 atom stereocenters. The molecule has 0 saturated heterocycles. The highest BCUT2D eigenvalue weighted by Gasteiger charge is 2.14. The van der Waals surface area contributed by atoms with Gasteiger partial charge in [-0.2, -0.15) is 5.26 Å². The fourth-order valence-electron chi connectivity index (χ4n) is 3.07. The Hall–Kier alpha value is -3.56. The number of hydrogen-bond donors (Lipinski definition) is 0. The average Bonchev–Trinajstić information content (AvgIpc) is 2.73. The lowest BCUT2D eigenvalue weighted by Crippen LogP contribution is -2.02. The molecule has 28 heavy (non-hydrogen) atoms. The van der Waals surface area contributed by atoms with Crippen LogP contribution in [-0.4, -0.2) is 12.1 Å². The molecule has 0 radical (unpaired) electrons. The number of ether oxygens (including phenoxy) is 1. The number of nitrogens with zero attached hydrogens (tertiary/aromatic N) is 2. The third kappa shape index (κ3) is 4.58. The summed E-state index contributed by atoms with van der Waals surface area (Å²) in [5, 5.41) is 9.54. The minimum atomic E-state index is 0.459. The zero-order chi connectivity index (χ0) is 19.9. The van der Waals surface area contributed by atoms with Crippen molar-refractivity contribution in [3.8, 4) is 34.8 Å². The quantitative estimate of drug-likeness (QED) is 0.594. The zero-order valence-electron chi connectivity index (χ0n) is 16.4. The van der Waals surface area contributed by atoms with Gasteiger partial charge in [-0.25, -0.2) is 4.98 Å². The molecule has 0 aliphatic rings. The Morgan fingerprint density at radius 1 is 1.04 bits per heavy atom. The van der Waals surface area contributed by atoms with Crippen molar-refractivity contribution < 1.29 is 4.74 Å². The largest absolute Gasteiger partial charge is 0.497 e. The molecule has 0 aliphatic carbocycles. The molecule has 0 saturated carbocycles. The van der Waals surface area contributed by atoms with E-state index in [1.165, 1.54) is 0 Å². The first kappa shape index (κ1) is 19.2. The van der Waals surface area contributed by atoms with Gasteiger partial charge < -0.3 is 4.74 Å². The van der Waals surface area contributed by atoms with Crippen LogP contribution in [0.1, 0.15) is 36.2 Å². The van der Waals surface area contributed by atoms with E-state index in [0.29, 0.717) is 17.2 Å². The van der Waals surface area contributed by atoms with Gasteiger partial charge in [0.15, 0.2) is 0 Å². The van der Waals surface area contributed by atoms with Crippen LogP contribution in [0.25, 0.3) is 11.1 Å². The van der Waals surface area contributed by atoms with E-state index in [0.717, 1.165) is 34.4 Å². The van der Waals surface area contributed by atoms with Crippen LogP contribution in [0.4, 0.5) is 0 Å². The van der Waals surface area contributed by atoms with Crippen LogP contribution in [-0.2, 0) is 6.42 Å². The van der Waals surface area contributed by atoms with E-state index in [9.17, 15) is 5.26 Å². The summed E-state index contributed by atoms with van der Waals surface area (Å²) in [6.07, 6.45) is 2.60. The Balaban J connectivity index is 2.17. The van der Waals surface area contributed by atoms with Crippen molar-refractivity contribution in [2.45, 2.75) is 20.3 Å². The molecule has 3 heteroatoms. The molecule has 0 fully saturated rings. The maximum absolute atomic E-state index is 9.54. The van der Waals surface area contributed by atoms with Crippen molar-refractivity contribution in [3.05, 3.63) is 83.2 Å². The van der Waals surface area contributed by atoms with Gasteiger partial charge in [-0.1, -0.05) is 38.0 Å². The number of aromatic nitrogens is 1. The van der Waals surface area contributed by atoms with Crippen molar-refractivity contribution in [2.24, 2.45) is 5.92 Å². The lowest BCUT2D eigenvalue weighted by Gasteiger charge is -2.15. The fraction of sp³-hybridized carbons (Fsp3) is 0.200. The summed E-state index contributed by atoms with van der Waals surface area (Å²) >= 11 is 0. The number of methoxy groups -OCH3 is 1. The Morgan fingerprint density at radius 3 is 2.43 bits per heavy atom. The smallest absolute Gasteiger partial charge is 0.118 e. The Morgan fingerprint density at radius 2 is 1.82 bits per heavy atom. The van der Waals surface area contributed by atoms with Gasteiger partial charge in [0.25, 0.3) is 0 Å². The average molecular weight is 366 g/mol. The molecule has 138 valence electrons. The van der Waals surface area contributed by atoms with Gasteiger partial charge in [0.2, 0.25) is 0 Å². The van der Waals surface area contributed by atoms with Gasteiger partial charge in [0.05, 0.1) is 18.7 Å². The minimum absolute atomic E-state index is 0.459. The number of hydrogen-bond acceptors (Lipinski definition) is 3. The van der Waals surface area contributed by atoms with E-state index >= 15 is 0 Å². The molecular formula is C25H22N2O. The van der Waals surface area contributed by atoms with Crippen LogP contribution in [0.2, 0.25) is 0 Å². The molecule has 0 spiro atoms. The highest BCUT2D eigenvalue weighted by atomic mass is 16.5. The van der Waals surface area contributed by atoms with Crippen LogP contribution in [0.3, 0.4) is 0 Å². The number of benzene rings is 2. The molecule has 0 bridgehead atoms. The van der Waals surface area contributed by atoms with Crippen molar-refractivity contribution in [2.75, 3.05) is 7.11 Å². The summed E-state index contributed by atoms with van der Waals surface area (Å²) in [4.78, 5) is 4.27. The molecule has 1 heterocycles. The van der Waals surface area contributed by atoms with E-state index in [2.05, 4.69) is 36.7 Å². The zero-order valence-corrected chi connectivity index (χ0v) is 16.4. The standard InChI is InChI=1S/C25H22N2O/c1-18(2)14-24-21(7-10-22-6-4-5-13-27-22)15-19(17-26)16-25(24)20-8-11-23(28-3)12-9-20/h4-6,8-9,11-13,15-16,18H,14H2,1-3H3. The highest BCUT2D eigenvalue weighted by molar-refractivity contribution is 5.73. The fourth-order valence-corrected chi connectivity index (χ4v) is 3.07. The first-order valence-electron chi connectivity index (χ1n) is 9.25. The van der Waals surface area contributed by atoms with E-state index in [-0.39, 0.29) is 0 Å². The predicted molar refractivity (Wildman–Crippen MR) is 112 cm³/mol. The molecule has 0 N–H and O–H groups in total. The second kappa shape index (κ2) is 8.89. The van der Waals surface area contributed by atoms with Crippen LogP contribution in [0.5, 0.6) is 5.75 Å². The van der Waals surface area contributed by atoms with E-state index < -0.39 is 0 Å². The van der Waals surface area contributed by atoms with E-state index in [1.807, 2.05) is 54.6 Å². The molecule has 2 aromatic carbocycles. The predicted octanol–water partition coefficient (Wildman–Crippen LogP) is 5.23. The lowest BCUT2D eigenvalue weighted by molar-refractivity contribution is 0.415. The summed E-state index contributed by atoms with van der Waals surface area (Å²) in [5.74, 6) is 7.65. The summed E-state index contributed by atoms with van der Waals surface area (Å²) in [5.41, 5.74) is 5.44.